The molecule has 7 nitrogen and oxygen atoms in total. The molecule has 1 fully saturated rings. The first-order valence-corrected chi connectivity index (χ1v) is 10.2. The Morgan fingerprint density at radius 1 is 1.07 bits per heavy atom. The number of carbonyl (C=O) groups excluding carboxylic acids is 1. The third kappa shape index (κ3) is 8.58. The molecule has 1 saturated heterocycles. The number of esters is 1. The minimum absolute atomic E-state index is 0.0569. The lowest BCUT2D eigenvalue weighted by atomic mass is 9.84. The van der Waals surface area contributed by atoms with E-state index in [9.17, 15) is 14.7 Å². The van der Waals surface area contributed by atoms with E-state index in [1.165, 1.54) is 6.92 Å². The van der Waals surface area contributed by atoms with Crippen LogP contribution in [0.5, 0.6) is 0 Å². The number of aliphatic carboxylic acids is 1. The van der Waals surface area contributed by atoms with Crippen molar-refractivity contribution in [2.24, 2.45) is 17.6 Å². The van der Waals surface area contributed by atoms with Crippen LogP contribution in [-0.2, 0) is 23.8 Å². The van der Waals surface area contributed by atoms with Crippen molar-refractivity contribution in [2.75, 3.05) is 6.54 Å². The van der Waals surface area contributed by atoms with E-state index in [0.29, 0.717) is 13.0 Å². The van der Waals surface area contributed by atoms with Gasteiger partial charge < -0.3 is 25.1 Å². The van der Waals surface area contributed by atoms with Gasteiger partial charge in [-0.3, -0.25) is 9.59 Å². The lowest BCUT2D eigenvalue weighted by Crippen LogP contribution is -2.52. The van der Waals surface area contributed by atoms with Crippen molar-refractivity contribution in [1.29, 1.82) is 0 Å². The fourth-order valence-corrected chi connectivity index (χ4v) is 3.50. The number of hydrogen-bond acceptors (Lipinski definition) is 6. The molecule has 0 bridgehead atoms. The van der Waals surface area contributed by atoms with Crippen LogP contribution in [0.15, 0.2) is 0 Å². The van der Waals surface area contributed by atoms with Crippen LogP contribution in [0.4, 0.5) is 0 Å². The summed E-state index contributed by atoms with van der Waals surface area (Å²) in [4.78, 5) is 22.8. The zero-order valence-electron chi connectivity index (χ0n) is 17.2. The summed E-state index contributed by atoms with van der Waals surface area (Å²) < 4.78 is 17.4. The molecule has 158 valence electrons. The van der Waals surface area contributed by atoms with Crippen molar-refractivity contribution in [3.63, 3.8) is 0 Å². The van der Waals surface area contributed by atoms with Crippen LogP contribution in [0.1, 0.15) is 72.6 Å². The molecule has 0 aromatic heterocycles. The lowest BCUT2D eigenvalue weighted by molar-refractivity contribution is -0.285. The first-order valence-electron chi connectivity index (χ1n) is 10.2. The van der Waals surface area contributed by atoms with Crippen LogP contribution in [-0.4, -0.2) is 48.2 Å². The number of carboxylic acids is 1. The van der Waals surface area contributed by atoms with E-state index in [2.05, 4.69) is 6.92 Å². The van der Waals surface area contributed by atoms with Gasteiger partial charge in [0.25, 0.3) is 0 Å². The Bertz CT molecular complexity index is 458. The van der Waals surface area contributed by atoms with Gasteiger partial charge in [-0.25, -0.2) is 0 Å². The molecular weight excluding hydrogens is 350 g/mol. The predicted molar refractivity (Wildman–Crippen MR) is 102 cm³/mol. The van der Waals surface area contributed by atoms with Gasteiger partial charge in [0.05, 0.1) is 18.6 Å². The monoisotopic (exact) mass is 387 g/mol. The highest BCUT2D eigenvalue weighted by molar-refractivity contribution is 5.67. The van der Waals surface area contributed by atoms with Crippen molar-refractivity contribution in [3.8, 4) is 0 Å². The third-order valence-corrected chi connectivity index (χ3v) is 5.47. The van der Waals surface area contributed by atoms with Crippen molar-refractivity contribution in [1.82, 2.24) is 0 Å². The van der Waals surface area contributed by atoms with Gasteiger partial charge in [-0.05, 0) is 32.2 Å². The standard InChI is InChI=1S/C20H37NO6/c1-13-14(2)19(26-16(4)22)20(25-15(13)3)27-17(12-18(23)24)10-8-6-5-7-9-11-21/h13-15,17,19-20H,5-12,21H2,1-4H3,(H,23,24)/t13-,14+,15?,17?,19?,20+/m1/s1. The Kier molecular flexibility index (Phi) is 10.9. The zero-order chi connectivity index (χ0) is 20.4. The number of carbonyl (C=O) groups is 2. The summed E-state index contributed by atoms with van der Waals surface area (Å²) in [6, 6.07) is 0. The quantitative estimate of drug-likeness (QED) is 0.391. The highest BCUT2D eigenvalue weighted by atomic mass is 16.7. The summed E-state index contributed by atoms with van der Waals surface area (Å²) >= 11 is 0. The normalized spacial score (nSPS) is 29.3. The maximum Gasteiger partial charge on any atom is 0.305 e. The Labute approximate surface area is 162 Å². The molecule has 6 atom stereocenters. The van der Waals surface area contributed by atoms with Crippen molar-refractivity contribution < 1.29 is 28.9 Å². The molecule has 1 heterocycles. The Morgan fingerprint density at radius 3 is 2.30 bits per heavy atom. The van der Waals surface area contributed by atoms with Crippen LogP contribution in [0.3, 0.4) is 0 Å². The number of rotatable bonds is 12. The largest absolute Gasteiger partial charge is 0.481 e. The summed E-state index contributed by atoms with van der Waals surface area (Å²) in [7, 11) is 0. The minimum atomic E-state index is -0.905. The minimum Gasteiger partial charge on any atom is -0.481 e. The van der Waals surface area contributed by atoms with Gasteiger partial charge in [0, 0.05) is 12.8 Å². The van der Waals surface area contributed by atoms with E-state index >= 15 is 0 Å². The van der Waals surface area contributed by atoms with E-state index in [-0.39, 0.29) is 30.3 Å². The summed E-state index contributed by atoms with van der Waals surface area (Å²) in [6.45, 7) is 8.10. The maximum absolute atomic E-state index is 11.5. The molecule has 7 heteroatoms. The van der Waals surface area contributed by atoms with E-state index in [0.717, 1.165) is 32.1 Å². The number of ether oxygens (including phenoxy) is 3. The van der Waals surface area contributed by atoms with Crippen LogP contribution in [0, 0.1) is 11.8 Å². The molecule has 0 radical (unpaired) electrons. The number of hydrogen-bond donors (Lipinski definition) is 2. The summed E-state index contributed by atoms with van der Waals surface area (Å²) in [5.74, 6) is -1.03. The predicted octanol–water partition coefficient (Wildman–Crippen LogP) is 3.09. The number of nitrogens with two attached hydrogens (primary N) is 1. The van der Waals surface area contributed by atoms with Gasteiger partial charge in [-0.15, -0.1) is 0 Å². The fourth-order valence-electron chi connectivity index (χ4n) is 3.50. The topological polar surface area (TPSA) is 108 Å². The average Bonchev–Trinajstić information content (AvgIpc) is 2.58. The van der Waals surface area contributed by atoms with Gasteiger partial charge in [0.2, 0.25) is 0 Å². The van der Waals surface area contributed by atoms with Crippen molar-refractivity contribution in [2.45, 2.75) is 97.2 Å². The fraction of sp³-hybridized carbons (Fsp3) is 0.900. The van der Waals surface area contributed by atoms with Crippen LogP contribution in [0.2, 0.25) is 0 Å². The summed E-state index contributed by atoms with van der Waals surface area (Å²) in [5, 5.41) is 9.22. The van der Waals surface area contributed by atoms with Crippen molar-refractivity contribution in [3.05, 3.63) is 0 Å². The Hall–Kier alpha value is -1.18. The number of carboxylic acid groups (broad SMARTS) is 1. The molecule has 0 spiro atoms. The molecule has 0 aromatic rings. The summed E-state index contributed by atoms with van der Waals surface area (Å²) in [5.41, 5.74) is 5.49. The second kappa shape index (κ2) is 12.3. The van der Waals surface area contributed by atoms with Crippen molar-refractivity contribution >= 4 is 11.9 Å². The first kappa shape index (κ1) is 23.9. The molecule has 0 aliphatic carbocycles. The molecule has 0 saturated carbocycles. The van der Waals surface area contributed by atoms with Gasteiger partial charge in [-0.1, -0.05) is 39.5 Å². The molecule has 3 N–H and O–H groups in total. The molecule has 27 heavy (non-hydrogen) atoms. The highest BCUT2D eigenvalue weighted by Gasteiger charge is 2.43. The van der Waals surface area contributed by atoms with E-state index < -0.39 is 24.5 Å². The van der Waals surface area contributed by atoms with Gasteiger partial charge in [-0.2, -0.15) is 0 Å². The first-order chi connectivity index (χ1) is 12.8. The maximum atomic E-state index is 11.5. The molecule has 1 aliphatic rings. The third-order valence-electron chi connectivity index (χ3n) is 5.47. The highest BCUT2D eigenvalue weighted by Crippen LogP contribution is 2.34. The lowest BCUT2D eigenvalue weighted by Gasteiger charge is -2.43. The van der Waals surface area contributed by atoms with Crippen LogP contribution < -0.4 is 5.73 Å². The van der Waals surface area contributed by atoms with Crippen LogP contribution in [0.25, 0.3) is 0 Å². The molecule has 1 aliphatic heterocycles. The second-order valence-corrected chi connectivity index (χ2v) is 7.70. The Balaban J connectivity index is 2.68. The van der Waals surface area contributed by atoms with E-state index in [1.807, 2.05) is 13.8 Å². The molecule has 3 unspecified atom stereocenters. The van der Waals surface area contributed by atoms with Gasteiger partial charge >= 0.3 is 11.9 Å². The second-order valence-electron chi connectivity index (χ2n) is 7.70. The number of unbranched alkanes of at least 4 members (excludes halogenated alkanes) is 4. The van der Waals surface area contributed by atoms with E-state index in [1.54, 1.807) is 0 Å². The summed E-state index contributed by atoms with van der Waals surface area (Å²) in [6.07, 6.45) is 3.85. The smallest absolute Gasteiger partial charge is 0.305 e. The van der Waals surface area contributed by atoms with E-state index in [4.69, 9.17) is 19.9 Å². The molecular formula is C20H37NO6. The average molecular weight is 388 g/mol. The van der Waals surface area contributed by atoms with Gasteiger partial charge in [0.1, 0.15) is 0 Å². The molecule has 1 rings (SSSR count). The molecule has 0 amide bonds. The zero-order valence-corrected chi connectivity index (χ0v) is 17.2. The Morgan fingerprint density at radius 2 is 1.70 bits per heavy atom. The van der Waals surface area contributed by atoms with Gasteiger partial charge in [0.15, 0.2) is 12.4 Å². The van der Waals surface area contributed by atoms with Crippen LogP contribution >= 0.6 is 0 Å². The SMILES string of the molecule is CC(=O)OC1[C@H](OC(CCCCCCCN)CC(=O)O)OC(C)[C@H](C)[C@@H]1C. The molecule has 0 aromatic carbocycles.